The van der Waals surface area contributed by atoms with Crippen molar-refractivity contribution in [3.8, 4) is 6.19 Å². The quantitative estimate of drug-likeness (QED) is 0.580. The number of hydrogen-bond donors (Lipinski definition) is 1. The van der Waals surface area contributed by atoms with Gasteiger partial charge in [0.1, 0.15) is 6.04 Å². The summed E-state index contributed by atoms with van der Waals surface area (Å²) in [7, 11) is -3.96. The van der Waals surface area contributed by atoms with Crippen LogP contribution in [0.25, 0.3) is 0 Å². The van der Waals surface area contributed by atoms with Crippen molar-refractivity contribution in [1.29, 1.82) is 5.26 Å². The van der Waals surface area contributed by atoms with Gasteiger partial charge < -0.3 is 0 Å². The Kier molecular flexibility index (Phi) is 6.75. The van der Waals surface area contributed by atoms with Crippen molar-refractivity contribution in [2.24, 2.45) is 0 Å². The standard InChI is InChI=1S/C18H18ClN3O3S/c1-2-22(13-20)18(23)17(12-14-6-4-3-5-7-14)21-26(24,25)16-10-8-15(19)9-11-16/h3-11,17,21H,2,12H2,1H3. The third-order valence-electron chi connectivity index (χ3n) is 3.71. The molecule has 0 heterocycles. The molecule has 0 aliphatic heterocycles. The Labute approximate surface area is 158 Å². The molecule has 1 amide bonds. The summed E-state index contributed by atoms with van der Waals surface area (Å²) in [5, 5.41) is 9.53. The number of carbonyl (C=O) groups excluding carboxylic acids is 1. The highest BCUT2D eigenvalue weighted by Gasteiger charge is 2.29. The van der Waals surface area contributed by atoms with Crippen molar-refractivity contribution in [3.63, 3.8) is 0 Å². The molecule has 1 N–H and O–H groups in total. The highest BCUT2D eigenvalue weighted by atomic mass is 35.5. The molecule has 0 saturated heterocycles. The van der Waals surface area contributed by atoms with Crippen LogP contribution in [0.2, 0.25) is 5.02 Å². The van der Waals surface area contributed by atoms with Gasteiger partial charge in [-0.2, -0.15) is 9.98 Å². The van der Waals surface area contributed by atoms with Gasteiger partial charge in [0.05, 0.1) is 4.90 Å². The molecule has 0 aromatic heterocycles. The molecule has 6 nitrogen and oxygen atoms in total. The van der Waals surface area contributed by atoms with E-state index in [0.717, 1.165) is 10.5 Å². The minimum absolute atomic E-state index is 0.00670. The number of carbonyl (C=O) groups is 1. The molecule has 1 unspecified atom stereocenters. The number of benzene rings is 2. The highest BCUT2D eigenvalue weighted by Crippen LogP contribution is 2.16. The minimum atomic E-state index is -3.96. The average molecular weight is 392 g/mol. The van der Waals surface area contributed by atoms with Gasteiger partial charge >= 0.3 is 0 Å². The Morgan fingerprint density at radius 2 is 1.81 bits per heavy atom. The topological polar surface area (TPSA) is 90.3 Å². The van der Waals surface area contributed by atoms with Crippen LogP contribution in [0.4, 0.5) is 0 Å². The van der Waals surface area contributed by atoms with Crippen LogP contribution in [0.3, 0.4) is 0 Å². The van der Waals surface area contributed by atoms with Crippen molar-refractivity contribution in [2.45, 2.75) is 24.3 Å². The van der Waals surface area contributed by atoms with Crippen LogP contribution in [0.5, 0.6) is 0 Å². The molecule has 0 bridgehead atoms. The molecule has 8 heteroatoms. The van der Waals surface area contributed by atoms with E-state index in [0.29, 0.717) is 5.02 Å². The summed E-state index contributed by atoms with van der Waals surface area (Å²) in [5.41, 5.74) is 0.777. The molecule has 0 saturated carbocycles. The van der Waals surface area contributed by atoms with Crippen LogP contribution in [-0.2, 0) is 21.2 Å². The third kappa shape index (κ3) is 5.05. The van der Waals surface area contributed by atoms with Gasteiger partial charge in [0.15, 0.2) is 6.19 Å². The third-order valence-corrected chi connectivity index (χ3v) is 5.44. The van der Waals surface area contributed by atoms with Gasteiger partial charge in [-0.15, -0.1) is 0 Å². The van der Waals surface area contributed by atoms with Crippen LogP contribution >= 0.6 is 11.6 Å². The van der Waals surface area contributed by atoms with Crippen molar-refractivity contribution in [1.82, 2.24) is 9.62 Å². The van der Waals surface area contributed by atoms with Crippen molar-refractivity contribution in [3.05, 3.63) is 65.2 Å². The molecule has 136 valence electrons. The molecule has 0 spiro atoms. The highest BCUT2D eigenvalue weighted by molar-refractivity contribution is 7.89. The largest absolute Gasteiger partial charge is 0.272 e. The predicted molar refractivity (Wildman–Crippen MR) is 98.7 cm³/mol. The first-order chi connectivity index (χ1) is 12.4. The summed E-state index contributed by atoms with van der Waals surface area (Å²) in [6, 6.07) is 13.5. The average Bonchev–Trinajstić information content (AvgIpc) is 2.63. The molecular formula is C18H18ClN3O3S. The van der Waals surface area contributed by atoms with Crippen molar-refractivity contribution in [2.75, 3.05) is 6.54 Å². The van der Waals surface area contributed by atoms with Gasteiger partial charge in [-0.25, -0.2) is 13.3 Å². The van der Waals surface area contributed by atoms with E-state index >= 15 is 0 Å². The lowest BCUT2D eigenvalue weighted by atomic mass is 10.1. The maximum Gasteiger partial charge on any atom is 0.254 e. The zero-order valence-electron chi connectivity index (χ0n) is 14.1. The maximum absolute atomic E-state index is 12.6. The molecule has 2 aromatic rings. The summed E-state index contributed by atoms with van der Waals surface area (Å²) in [6.07, 6.45) is 1.91. The number of rotatable bonds is 7. The minimum Gasteiger partial charge on any atom is -0.272 e. The van der Waals surface area contributed by atoms with E-state index in [1.165, 1.54) is 24.3 Å². The first-order valence-electron chi connectivity index (χ1n) is 7.90. The smallest absolute Gasteiger partial charge is 0.254 e. The van der Waals surface area contributed by atoms with Crippen LogP contribution < -0.4 is 4.72 Å². The summed E-state index contributed by atoms with van der Waals surface area (Å²) < 4.78 is 27.7. The zero-order chi connectivity index (χ0) is 19.2. The monoisotopic (exact) mass is 391 g/mol. The predicted octanol–water partition coefficient (Wildman–Crippen LogP) is 2.56. The molecular weight excluding hydrogens is 374 g/mol. The van der Waals surface area contributed by atoms with E-state index in [4.69, 9.17) is 16.9 Å². The molecule has 0 fully saturated rings. The Morgan fingerprint density at radius 1 is 1.19 bits per heavy atom. The van der Waals surface area contributed by atoms with Gasteiger partial charge in [0.25, 0.3) is 5.91 Å². The zero-order valence-corrected chi connectivity index (χ0v) is 15.7. The second kappa shape index (κ2) is 8.81. The lowest BCUT2D eigenvalue weighted by Gasteiger charge is -2.21. The van der Waals surface area contributed by atoms with Gasteiger partial charge in [-0.1, -0.05) is 41.9 Å². The lowest BCUT2D eigenvalue weighted by Crippen LogP contribution is -2.48. The van der Waals surface area contributed by atoms with E-state index in [2.05, 4.69) is 4.72 Å². The molecule has 26 heavy (non-hydrogen) atoms. The number of sulfonamides is 1. The van der Waals surface area contributed by atoms with Crippen LogP contribution in [0, 0.1) is 11.5 Å². The number of nitrogens with one attached hydrogen (secondary N) is 1. The van der Waals surface area contributed by atoms with E-state index in [-0.39, 0.29) is 17.9 Å². The second-order valence-electron chi connectivity index (χ2n) is 5.50. The Morgan fingerprint density at radius 3 is 2.35 bits per heavy atom. The van der Waals surface area contributed by atoms with E-state index in [9.17, 15) is 13.2 Å². The van der Waals surface area contributed by atoms with E-state index < -0.39 is 22.0 Å². The molecule has 0 aliphatic rings. The number of nitriles is 1. The second-order valence-corrected chi connectivity index (χ2v) is 7.65. The SMILES string of the molecule is CCN(C#N)C(=O)C(Cc1ccccc1)NS(=O)(=O)c1ccc(Cl)cc1. The van der Waals surface area contributed by atoms with Crippen LogP contribution in [-0.4, -0.2) is 31.8 Å². The fourth-order valence-corrected chi connectivity index (χ4v) is 3.68. The molecule has 1 atom stereocenters. The Balaban J connectivity index is 2.32. The van der Waals surface area contributed by atoms with Crippen LogP contribution in [0.1, 0.15) is 12.5 Å². The van der Waals surface area contributed by atoms with Crippen molar-refractivity contribution < 1.29 is 13.2 Å². The Hall–Kier alpha value is -2.40. The maximum atomic E-state index is 12.6. The Bertz CT molecular complexity index is 894. The first kappa shape index (κ1) is 19.9. The lowest BCUT2D eigenvalue weighted by molar-refractivity contribution is -0.129. The van der Waals surface area contributed by atoms with Gasteiger partial charge in [0, 0.05) is 11.6 Å². The normalized spacial score (nSPS) is 12.2. The summed E-state index contributed by atoms with van der Waals surface area (Å²) in [4.78, 5) is 13.6. The summed E-state index contributed by atoms with van der Waals surface area (Å²) in [5.74, 6) is -0.601. The number of halogens is 1. The fourth-order valence-electron chi connectivity index (χ4n) is 2.36. The van der Waals surface area contributed by atoms with Crippen molar-refractivity contribution >= 4 is 27.5 Å². The number of likely N-dealkylation sites (N-methyl/N-ethyl adjacent to an activating group) is 1. The summed E-state index contributed by atoms with van der Waals surface area (Å²) in [6.45, 7) is 1.80. The van der Waals surface area contributed by atoms with Gasteiger partial charge in [0.2, 0.25) is 10.0 Å². The summed E-state index contributed by atoms with van der Waals surface area (Å²) >= 11 is 5.79. The van der Waals surface area contributed by atoms with E-state index in [1.54, 1.807) is 37.4 Å². The van der Waals surface area contributed by atoms with Gasteiger partial charge in [-0.05, 0) is 43.2 Å². The number of nitrogens with zero attached hydrogens (tertiary/aromatic N) is 2. The molecule has 0 radical (unpaired) electrons. The van der Waals surface area contributed by atoms with Gasteiger partial charge in [-0.3, -0.25) is 4.79 Å². The molecule has 2 rings (SSSR count). The fraction of sp³-hybridized carbons (Fsp3) is 0.222. The number of hydrogen-bond acceptors (Lipinski definition) is 4. The molecule has 2 aromatic carbocycles. The number of amides is 1. The molecule has 0 aliphatic carbocycles. The van der Waals surface area contributed by atoms with E-state index in [1.807, 2.05) is 6.07 Å². The first-order valence-corrected chi connectivity index (χ1v) is 9.76. The van der Waals surface area contributed by atoms with Crippen LogP contribution in [0.15, 0.2) is 59.5 Å².